The van der Waals surface area contributed by atoms with Crippen molar-refractivity contribution in [2.24, 2.45) is 5.41 Å². The molecule has 1 aliphatic heterocycles. The van der Waals surface area contributed by atoms with E-state index < -0.39 is 11.4 Å². The number of aromatic nitrogens is 2. The molecule has 1 amide bonds. The second-order valence-corrected chi connectivity index (χ2v) is 6.34. The number of aliphatic carboxylic acids is 1. The van der Waals surface area contributed by atoms with Gasteiger partial charge in [-0.05, 0) is 44.4 Å². The number of aromatic amines is 1. The molecule has 2 heterocycles. The van der Waals surface area contributed by atoms with E-state index >= 15 is 0 Å². The third-order valence-corrected chi connectivity index (χ3v) is 4.42. The van der Waals surface area contributed by atoms with Crippen molar-refractivity contribution < 1.29 is 14.7 Å². The zero-order valence-corrected chi connectivity index (χ0v) is 12.7. The van der Waals surface area contributed by atoms with Crippen LogP contribution < -0.4 is 0 Å². The molecular weight excluding hydrogens is 282 g/mol. The van der Waals surface area contributed by atoms with Gasteiger partial charge >= 0.3 is 5.97 Å². The van der Waals surface area contributed by atoms with Gasteiger partial charge in [0.05, 0.1) is 22.7 Å². The average molecular weight is 301 g/mol. The predicted molar refractivity (Wildman–Crippen MR) is 81.7 cm³/mol. The Bertz CT molecular complexity index is 752. The molecule has 1 atom stereocenters. The van der Waals surface area contributed by atoms with Gasteiger partial charge in [0.1, 0.15) is 0 Å². The van der Waals surface area contributed by atoms with Crippen LogP contribution in [0.5, 0.6) is 0 Å². The highest BCUT2D eigenvalue weighted by atomic mass is 16.4. The molecule has 1 aromatic carbocycles. The maximum absolute atomic E-state index is 12.9. The summed E-state index contributed by atoms with van der Waals surface area (Å²) in [4.78, 5) is 26.0. The molecule has 0 spiro atoms. The van der Waals surface area contributed by atoms with E-state index in [9.17, 15) is 14.7 Å². The number of benzene rings is 1. The van der Waals surface area contributed by atoms with Crippen LogP contribution in [0.4, 0.5) is 0 Å². The number of nitrogens with zero attached hydrogens (tertiary/aromatic N) is 2. The van der Waals surface area contributed by atoms with Crippen molar-refractivity contribution in [2.45, 2.75) is 26.7 Å². The molecule has 1 unspecified atom stereocenters. The third-order valence-electron chi connectivity index (χ3n) is 4.42. The van der Waals surface area contributed by atoms with E-state index in [2.05, 4.69) is 10.2 Å². The largest absolute Gasteiger partial charge is 0.481 e. The maximum Gasteiger partial charge on any atom is 0.311 e. The lowest BCUT2D eigenvalue weighted by Gasteiger charge is -2.37. The van der Waals surface area contributed by atoms with Gasteiger partial charge in [0.2, 0.25) is 0 Å². The highest BCUT2D eigenvalue weighted by molar-refractivity contribution is 6.05. The summed E-state index contributed by atoms with van der Waals surface area (Å²) in [6.07, 6.45) is 2.99. The van der Waals surface area contributed by atoms with E-state index in [4.69, 9.17) is 0 Å². The number of fused-ring (bicyclic) bond motifs is 1. The molecule has 1 aromatic heterocycles. The van der Waals surface area contributed by atoms with Crippen LogP contribution in [-0.2, 0) is 4.79 Å². The van der Waals surface area contributed by atoms with Gasteiger partial charge in [0.15, 0.2) is 0 Å². The molecule has 6 nitrogen and oxygen atoms in total. The number of rotatable bonds is 2. The minimum Gasteiger partial charge on any atom is -0.481 e. The first kappa shape index (κ1) is 14.6. The van der Waals surface area contributed by atoms with Gasteiger partial charge in [-0.2, -0.15) is 5.10 Å². The number of hydrogen-bond acceptors (Lipinski definition) is 3. The smallest absolute Gasteiger partial charge is 0.311 e. The van der Waals surface area contributed by atoms with E-state index in [1.165, 1.54) is 0 Å². The second kappa shape index (κ2) is 5.12. The van der Waals surface area contributed by atoms with Gasteiger partial charge in [0, 0.05) is 18.5 Å². The predicted octanol–water partition coefficient (Wildman–Crippen LogP) is 2.20. The number of carboxylic acids is 1. The summed E-state index contributed by atoms with van der Waals surface area (Å²) in [6.45, 7) is 4.47. The van der Waals surface area contributed by atoms with Gasteiger partial charge in [-0.15, -0.1) is 0 Å². The van der Waals surface area contributed by atoms with Gasteiger partial charge in [-0.1, -0.05) is 0 Å². The van der Waals surface area contributed by atoms with Crippen LogP contribution in [0.2, 0.25) is 0 Å². The minimum atomic E-state index is -0.870. The van der Waals surface area contributed by atoms with Crippen molar-refractivity contribution >= 4 is 22.8 Å². The molecule has 3 rings (SSSR count). The highest BCUT2D eigenvalue weighted by Crippen LogP contribution is 2.31. The fourth-order valence-corrected chi connectivity index (χ4v) is 3.13. The van der Waals surface area contributed by atoms with E-state index in [1.54, 1.807) is 18.0 Å². The molecule has 1 aliphatic rings. The number of likely N-dealkylation sites (tertiary alicyclic amines) is 1. The Kier molecular flexibility index (Phi) is 3.39. The van der Waals surface area contributed by atoms with Crippen molar-refractivity contribution in [3.05, 3.63) is 29.5 Å². The third kappa shape index (κ3) is 2.34. The summed E-state index contributed by atoms with van der Waals surface area (Å²) in [5.41, 5.74) is 1.38. The van der Waals surface area contributed by atoms with Gasteiger partial charge in [0.25, 0.3) is 5.91 Å². The number of aryl methyl sites for hydroxylation is 1. The molecule has 0 saturated carbocycles. The molecule has 2 N–H and O–H groups in total. The molecule has 6 heteroatoms. The number of carboxylic acid groups (broad SMARTS) is 1. The van der Waals surface area contributed by atoms with Gasteiger partial charge in [-0.3, -0.25) is 14.7 Å². The first-order valence-corrected chi connectivity index (χ1v) is 7.37. The Morgan fingerprint density at radius 2 is 2.18 bits per heavy atom. The lowest BCUT2D eigenvalue weighted by molar-refractivity contribution is -0.150. The second-order valence-electron chi connectivity index (χ2n) is 6.34. The number of carbonyl (C=O) groups excluding carboxylic acids is 1. The first-order valence-electron chi connectivity index (χ1n) is 7.37. The maximum atomic E-state index is 12.9. The van der Waals surface area contributed by atoms with E-state index in [-0.39, 0.29) is 12.5 Å². The van der Waals surface area contributed by atoms with Crippen LogP contribution in [0.3, 0.4) is 0 Å². The Labute approximate surface area is 128 Å². The highest BCUT2D eigenvalue weighted by Gasteiger charge is 2.39. The molecule has 0 bridgehead atoms. The summed E-state index contributed by atoms with van der Waals surface area (Å²) in [6, 6.07) is 3.79. The molecule has 2 aromatic rings. The fraction of sp³-hybridized carbons (Fsp3) is 0.438. The standard InChI is InChI=1S/C16H19N3O3/c1-10-6-11-8-17-18-13(11)12(7-10)14(20)19-5-3-4-16(2,9-19)15(21)22/h6-8H,3-5,9H2,1-2H3,(H,17,18)(H,21,22). The molecule has 22 heavy (non-hydrogen) atoms. The fourth-order valence-electron chi connectivity index (χ4n) is 3.13. The topological polar surface area (TPSA) is 86.3 Å². The van der Waals surface area contributed by atoms with Crippen LogP contribution in [0.25, 0.3) is 10.9 Å². The van der Waals surface area contributed by atoms with Gasteiger partial charge in [-0.25, -0.2) is 0 Å². The van der Waals surface area contributed by atoms with E-state index in [0.29, 0.717) is 30.5 Å². The van der Waals surface area contributed by atoms with Crippen molar-refractivity contribution in [3.8, 4) is 0 Å². The summed E-state index contributed by atoms with van der Waals surface area (Å²) in [5, 5.41) is 17.1. The quantitative estimate of drug-likeness (QED) is 0.890. The SMILES string of the molecule is Cc1cc(C(=O)N2CCCC(C)(C(=O)O)C2)c2[nH]ncc2c1. The number of amides is 1. The van der Waals surface area contributed by atoms with Crippen molar-refractivity contribution in [3.63, 3.8) is 0 Å². The van der Waals surface area contributed by atoms with Crippen molar-refractivity contribution in [2.75, 3.05) is 13.1 Å². The Morgan fingerprint density at radius 1 is 1.41 bits per heavy atom. The van der Waals surface area contributed by atoms with Crippen LogP contribution in [0.1, 0.15) is 35.7 Å². The Hall–Kier alpha value is -2.37. The summed E-state index contributed by atoms with van der Waals surface area (Å²) in [7, 11) is 0. The molecule has 1 fully saturated rings. The molecule has 0 aliphatic carbocycles. The Balaban J connectivity index is 1.96. The first-order chi connectivity index (χ1) is 10.4. The van der Waals surface area contributed by atoms with E-state index in [1.807, 2.05) is 19.1 Å². The van der Waals surface area contributed by atoms with Crippen molar-refractivity contribution in [1.82, 2.24) is 15.1 Å². The summed E-state index contributed by atoms with van der Waals surface area (Å²) >= 11 is 0. The van der Waals surface area contributed by atoms with E-state index in [0.717, 1.165) is 10.9 Å². The average Bonchev–Trinajstić information content (AvgIpc) is 2.93. The molecule has 1 saturated heterocycles. The lowest BCUT2D eigenvalue weighted by atomic mass is 9.82. The molecule has 116 valence electrons. The zero-order chi connectivity index (χ0) is 15.9. The number of carbonyl (C=O) groups is 2. The van der Waals surface area contributed by atoms with Crippen LogP contribution in [-0.4, -0.2) is 45.2 Å². The van der Waals surface area contributed by atoms with Crippen LogP contribution in [0, 0.1) is 12.3 Å². The monoisotopic (exact) mass is 301 g/mol. The molecular formula is C16H19N3O3. The zero-order valence-electron chi connectivity index (χ0n) is 12.7. The minimum absolute atomic E-state index is 0.134. The number of H-pyrrole nitrogens is 1. The number of piperidine rings is 1. The lowest BCUT2D eigenvalue weighted by Crippen LogP contribution is -2.48. The Morgan fingerprint density at radius 3 is 2.91 bits per heavy atom. The molecule has 0 radical (unpaired) electrons. The van der Waals surface area contributed by atoms with Crippen LogP contribution in [0.15, 0.2) is 18.3 Å². The summed E-state index contributed by atoms with van der Waals surface area (Å²) < 4.78 is 0. The van der Waals surface area contributed by atoms with Crippen molar-refractivity contribution in [1.29, 1.82) is 0 Å². The summed E-state index contributed by atoms with van der Waals surface area (Å²) in [5.74, 6) is -0.981. The number of nitrogens with one attached hydrogen (secondary N) is 1. The normalized spacial score (nSPS) is 22.0. The van der Waals surface area contributed by atoms with Crippen LogP contribution >= 0.6 is 0 Å². The van der Waals surface area contributed by atoms with Gasteiger partial charge < -0.3 is 10.0 Å². The number of hydrogen-bond donors (Lipinski definition) is 2.